The molecule has 1 aromatic rings. The molecular weight excluding hydrogens is 242 g/mol. The monoisotopic (exact) mass is 267 g/mol. The van der Waals surface area contributed by atoms with E-state index in [2.05, 4.69) is 17.1 Å². The number of aromatic nitrogens is 2. The Morgan fingerprint density at radius 1 is 1.42 bits per heavy atom. The molecule has 0 aliphatic carbocycles. The van der Waals surface area contributed by atoms with Crippen molar-refractivity contribution in [1.29, 1.82) is 0 Å². The van der Waals surface area contributed by atoms with E-state index >= 15 is 0 Å². The summed E-state index contributed by atoms with van der Waals surface area (Å²) in [6.07, 6.45) is 6.37. The van der Waals surface area contributed by atoms with E-state index in [0.717, 1.165) is 70.0 Å². The van der Waals surface area contributed by atoms with Gasteiger partial charge in [0.15, 0.2) is 5.82 Å². The molecule has 1 aromatic heterocycles. The Bertz CT molecular complexity index is 361. The molecule has 19 heavy (non-hydrogen) atoms. The topological polar surface area (TPSA) is 74.2 Å². The molecule has 2 atom stereocenters. The first kappa shape index (κ1) is 14.5. The Balaban J connectivity index is 1.82. The van der Waals surface area contributed by atoms with E-state index < -0.39 is 0 Å². The zero-order valence-electron chi connectivity index (χ0n) is 11.8. The van der Waals surface area contributed by atoms with Crippen LogP contribution in [0.5, 0.6) is 0 Å². The fourth-order valence-electron chi connectivity index (χ4n) is 2.60. The van der Waals surface area contributed by atoms with E-state index in [4.69, 9.17) is 15.0 Å². The summed E-state index contributed by atoms with van der Waals surface area (Å²) in [5, 5.41) is 4.10. The van der Waals surface area contributed by atoms with Gasteiger partial charge in [-0.3, -0.25) is 0 Å². The van der Waals surface area contributed by atoms with Crippen molar-refractivity contribution >= 4 is 0 Å². The van der Waals surface area contributed by atoms with E-state index in [0.29, 0.717) is 11.8 Å². The summed E-state index contributed by atoms with van der Waals surface area (Å²) in [6, 6.07) is 0. The third-order valence-corrected chi connectivity index (χ3v) is 3.93. The maximum Gasteiger partial charge on any atom is 0.226 e. The van der Waals surface area contributed by atoms with Gasteiger partial charge in [0.2, 0.25) is 5.89 Å². The lowest BCUT2D eigenvalue weighted by atomic mass is 9.97. The average Bonchev–Trinajstić information content (AvgIpc) is 2.93. The minimum absolute atomic E-state index is 0.317. The zero-order valence-corrected chi connectivity index (χ0v) is 11.8. The molecule has 1 fully saturated rings. The van der Waals surface area contributed by atoms with Gasteiger partial charge in [-0.15, -0.1) is 0 Å². The van der Waals surface area contributed by atoms with Crippen LogP contribution in [-0.2, 0) is 11.2 Å². The molecule has 1 aliphatic heterocycles. The summed E-state index contributed by atoms with van der Waals surface area (Å²) < 4.78 is 10.8. The lowest BCUT2D eigenvalue weighted by Crippen LogP contribution is -2.16. The summed E-state index contributed by atoms with van der Waals surface area (Å²) >= 11 is 0. The van der Waals surface area contributed by atoms with Crippen molar-refractivity contribution in [3.63, 3.8) is 0 Å². The van der Waals surface area contributed by atoms with Gasteiger partial charge < -0.3 is 15.0 Å². The van der Waals surface area contributed by atoms with Gasteiger partial charge in [-0.1, -0.05) is 18.5 Å². The van der Waals surface area contributed by atoms with Crippen LogP contribution in [0.4, 0.5) is 0 Å². The molecule has 2 rings (SSSR count). The lowest BCUT2D eigenvalue weighted by Gasteiger charge is -2.18. The standard InChI is InChI=1S/C14H25N3O2/c1-2-11(7-8-15)5-6-13-16-14(17-19-13)12-4-3-9-18-10-12/h11-12H,2-10,15H2,1H3. The molecule has 2 N–H and O–H groups in total. The minimum Gasteiger partial charge on any atom is -0.381 e. The van der Waals surface area contributed by atoms with Gasteiger partial charge in [0.1, 0.15) is 0 Å². The Kier molecular flexibility index (Phi) is 5.79. The molecular formula is C14H25N3O2. The third kappa shape index (κ3) is 4.28. The van der Waals surface area contributed by atoms with Crippen molar-refractivity contribution in [1.82, 2.24) is 10.1 Å². The van der Waals surface area contributed by atoms with Crippen molar-refractivity contribution in [2.45, 2.75) is 51.4 Å². The number of hydrogen-bond acceptors (Lipinski definition) is 5. The molecule has 0 saturated carbocycles. The maximum atomic E-state index is 5.61. The van der Waals surface area contributed by atoms with E-state index in [-0.39, 0.29) is 0 Å². The molecule has 5 heteroatoms. The Labute approximate surface area is 114 Å². The van der Waals surface area contributed by atoms with E-state index in [9.17, 15) is 0 Å². The van der Waals surface area contributed by atoms with Gasteiger partial charge >= 0.3 is 0 Å². The van der Waals surface area contributed by atoms with Gasteiger partial charge in [0.25, 0.3) is 0 Å². The van der Waals surface area contributed by atoms with Crippen LogP contribution in [0.25, 0.3) is 0 Å². The summed E-state index contributed by atoms with van der Waals surface area (Å²) in [4.78, 5) is 4.51. The van der Waals surface area contributed by atoms with Crippen LogP contribution >= 0.6 is 0 Å². The maximum absolute atomic E-state index is 5.61. The van der Waals surface area contributed by atoms with Gasteiger partial charge in [0.05, 0.1) is 6.61 Å². The van der Waals surface area contributed by atoms with Gasteiger partial charge in [0, 0.05) is 18.9 Å². The molecule has 5 nitrogen and oxygen atoms in total. The van der Waals surface area contributed by atoms with Gasteiger partial charge in [-0.25, -0.2) is 0 Å². The number of rotatable bonds is 7. The quantitative estimate of drug-likeness (QED) is 0.820. The largest absolute Gasteiger partial charge is 0.381 e. The molecule has 1 saturated heterocycles. The second-order valence-electron chi connectivity index (χ2n) is 5.35. The SMILES string of the molecule is CCC(CCN)CCc1nc(C2CCCOC2)no1. The highest BCUT2D eigenvalue weighted by molar-refractivity contribution is 4.96. The van der Waals surface area contributed by atoms with Crippen LogP contribution in [0.2, 0.25) is 0 Å². The number of nitrogens with two attached hydrogens (primary N) is 1. The van der Waals surface area contributed by atoms with Crippen LogP contribution in [0, 0.1) is 5.92 Å². The molecule has 0 aromatic carbocycles. The molecule has 108 valence electrons. The lowest BCUT2D eigenvalue weighted by molar-refractivity contribution is 0.0773. The Hall–Kier alpha value is -0.940. The first-order valence-electron chi connectivity index (χ1n) is 7.43. The first-order valence-corrected chi connectivity index (χ1v) is 7.43. The fourth-order valence-corrected chi connectivity index (χ4v) is 2.60. The molecule has 0 bridgehead atoms. The van der Waals surface area contributed by atoms with Crippen LogP contribution in [0.3, 0.4) is 0 Å². The minimum atomic E-state index is 0.317. The van der Waals surface area contributed by atoms with E-state index in [1.54, 1.807) is 0 Å². The van der Waals surface area contributed by atoms with Crippen molar-refractivity contribution in [2.75, 3.05) is 19.8 Å². The smallest absolute Gasteiger partial charge is 0.226 e. The Morgan fingerprint density at radius 2 is 2.32 bits per heavy atom. The molecule has 0 amide bonds. The van der Waals surface area contributed by atoms with Crippen molar-refractivity contribution in [3.8, 4) is 0 Å². The highest BCUT2D eigenvalue weighted by Gasteiger charge is 2.21. The highest BCUT2D eigenvalue weighted by atomic mass is 16.5. The predicted octanol–water partition coefficient (Wildman–Crippen LogP) is 2.27. The summed E-state index contributed by atoms with van der Waals surface area (Å²) in [6.45, 7) is 4.55. The number of ether oxygens (including phenoxy) is 1. The van der Waals surface area contributed by atoms with Crippen LogP contribution in [-0.4, -0.2) is 29.9 Å². The number of nitrogens with zero attached hydrogens (tertiary/aromatic N) is 2. The molecule has 0 radical (unpaired) electrons. The van der Waals surface area contributed by atoms with Crippen LogP contribution < -0.4 is 5.73 Å². The van der Waals surface area contributed by atoms with Crippen molar-refractivity contribution < 1.29 is 9.26 Å². The normalized spacial score (nSPS) is 21.5. The molecule has 1 aliphatic rings. The predicted molar refractivity (Wildman–Crippen MR) is 72.9 cm³/mol. The zero-order chi connectivity index (χ0) is 13.5. The van der Waals surface area contributed by atoms with Gasteiger partial charge in [-0.2, -0.15) is 4.98 Å². The second-order valence-corrected chi connectivity index (χ2v) is 5.35. The average molecular weight is 267 g/mol. The first-order chi connectivity index (χ1) is 9.33. The summed E-state index contributed by atoms with van der Waals surface area (Å²) in [5.74, 6) is 2.56. The van der Waals surface area contributed by atoms with Crippen molar-refractivity contribution in [3.05, 3.63) is 11.7 Å². The van der Waals surface area contributed by atoms with E-state index in [1.165, 1.54) is 0 Å². The number of aryl methyl sites for hydroxylation is 1. The second kappa shape index (κ2) is 7.60. The summed E-state index contributed by atoms with van der Waals surface area (Å²) in [5.41, 5.74) is 5.61. The molecule has 0 spiro atoms. The highest BCUT2D eigenvalue weighted by Crippen LogP contribution is 2.23. The third-order valence-electron chi connectivity index (χ3n) is 3.93. The Morgan fingerprint density at radius 3 is 3.00 bits per heavy atom. The van der Waals surface area contributed by atoms with Crippen LogP contribution in [0.1, 0.15) is 56.7 Å². The van der Waals surface area contributed by atoms with Gasteiger partial charge in [-0.05, 0) is 38.1 Å². The van der Waals surface area contributed by atoms with E-state index in [1.807, 2.05) is 0 Å². The van der Waals surface area contributed by atoms with Crippen LogP contribution in [0.15, 0.2) is 4.52 Å². The fraction of sp³-hybridized carbons (Fsp3) is 0.857. The number of hydrogen-bond donors (Lipinski definition) is 1. The summed E-state index contributed by atoms with van der Waals surface area (Å²) in [7, 11) is 0. The van der Waals surface area contributed by atoms with Crippen molar-refractivity contribution in [2.24, 2.45) is 11.7 Å². The molecule has 2 heterocycles. The molecule has 2 unspecified atom stereocenters.